The fraction of sp³-hybridized carbons (Fsp3) is 0.500. The highest BCUT2D eigenvalue weighted by atomic mass is 16.5. The fourth-order valence-electron chi connectivity index (χ4n) is 3.65. The van der Waals surface area contributed by atoms with Gasteiger partial charge < -0.3 is 10.1 Å². The van der Waals surface area contributed by atoms with Crippen LogP contribution in [0.3, 0.4) is 0 Å². The molecule has 2 aromatic rings. The molecule has 24 heavy (non-hydrogen) atoms. The van der Waals surface area contributed by atoms with E-state index in [4.69, 9.17) is 4.74 Å². The molecule has 3 heterocycles. The lowest BCUT2D eigenvalue weighted by Crippen LogP contribution is -2.53. The average molecular weight is 330 g/mol. The lowest BCUT2D eigenvalue weighted by atomic mass is 9.76. The van der Waals surface area contributed by atoms with Gasteiger partial charge in [0.1, 0.15) is 5.65 Å². The minimum Gasteiger partial charge on any atom is -0.378 e. The molecule has 0 bridgehead atoms. The number of ether oxygens (including phenoxy) is 1. The molecular weight excluding hydrogens is 312 g/mol. The summed E-state index contributed by atoms with van der Waals surface area (Å²) in [6.07, 6.45) is 1.99. The Labute approximate surface area is 136 Å². The number of fused-ring (bicyclic) bond motifs is 2. The maximum atomic E-state index is 12.7. The second kappa shape index (κ2) is 5.27. The van der Waals surface area contributed by atoms with Crippen molar-refractivity contribution in [2.24, 2.45) is 13.0 Å². The van der Waals surface area contributed by atoms with Gasteiger partial charge in [0.25, 0.3) is 11.5 Å². The number of nitrogens with one attached hydrogen (secondary N) is 2. The van der Waals surface area contributed by atoms with Gasteiger partial charge in [-0.1, -0.05) is 0 Å². The number of amides is 1. The van der Waals surface area contributed by atoms with E-state index in [9.17, 15) is 14.4 Å². The first kappa shape index (κ1) is 15.1. The normalized spacial score (nSPS) is 25.3. The first-order valence-electron chi connectivity index (χ1n) is 7.99. The van der Waals surface area contributed by atoms with Gasteiger partial charge in [-0.2, -0.15) is 0 Å². The lowest BCUT2D eigenvalue weighted by Gasteiger charge is -2.39. The Bertz CT molecular complexity index is 961. The minimum absolute atomic E-state index is 0.0696. The first-order valence-corrected chi connectivity index (χ1v) is 7.99. The Morgan fingerprint density at radius 1 is 1.46 bits per heavy atom. The van der Waals surface area contributed by atoms with Gasteiger partial charge in [-0.05, 0) is 25.8 Å². The van der Waals surface area contributed by atoms with Crippen LogP contribution in [0.15, 0.2) is 15.7 Å². The van der Waals surface area contributed by atoms with Crippen molar-refractivity contribution < 1.29 is 9.53 Å². The minimum atomic E-state index is -0.596. The number of carbonyl (C=O) groups is 1. The van der Waals surface area contributed by atoms with E-state index in [0.717, 1.165) is 19.4 Å². The quantitative estimate of drug-likeness (QED) is 0.796. The molecule has 1 aliphatic carbocycles. The molecule has 126 valence electrons. The second-order valence-electron chi connectivity index (χ2n) is 6.51. The fourth-order valence-corrected chi connectivity index (χ4v) is 3.65. The molecule has 2 N–H and O–H groups in total. The van der Waals surface area contributed by atoms with Crippen molar-refractivity contribution in [3.8, 4) is 0 Å². The monoisotopic (exact) mass is 330 g/mol. The molecule has 1 amide bonds. The summed E-state index contributed by atoms with van der Waals surface area (Å²) in [5.41, 5.74) is -0.117. The highest BCUT2D eigenvalue weighted by molar-refractivity contribution is 6.05. The molecule has 0 radical (unpaired) electrons. The standard InChI is InChI=1S/C16H18N4O4/c1-7-5-9(12-13(17-7)20(2)16(23)19-15(12)22)14(21)18-10-6-11-8(10)3-4-24-11/h5,8,10-11H,3-4,6H2,1-2H3,(H,18,21)(H,19,22,23)/t8-,10-,11+/m1/s1. The Morgan fingerprint density at radius 2 is 2.25 bits per heavy atom. The Kier molecular flexibility index (Phi) is 3.31. The Balaban J connectivity index is 1.76. The van der Waals surface area contributed by atoms with Crippen molar-refractivity contribution in [2.75, 3.05) is 6.61 Å². The van der Waals surface area contributed by atoms with Gasteiger partial charge in [-0.15, -0.1) is 0 Å². The molecule has 2 fully saturated rings. The van der Waals surface area contributed by atoms with Crippen molar-refractivity contribution in [1.82, 2.24) is 19.9 Å². The van der Waals surface area contributed by atoms with Crippen molar-refractivity contribution in [3.63, 3.8) is 0 Å². The molecule has 2 aliphatic rings. The van der Waals surface area contributed by atoms with E-state index in [2.05, 4.69) is 15.3 Å². The van der Waals surface area contributed by atoms with E-state index in [-0.39, 0.29) is 34.6 Å². The summed E-state index contributed by atoms with van der Waals surface area (Å²) in [6.45, 7) is 2.47. The number of nitrogens with zero attached hydrogens (tertiary/aromatic N) is 2. The van der Waals surface area contributed by atoms with E-state index < -0.39 is 11.2 Å². The summed E-state index contributed by atoms with van der Waals surface area (Å²) in [4.78, 5) is 43.2. The van der Waals surface area contributed by atoms with Crippen LogP contribution in [0.1, 0.15) is 28.9 Å². The average Bonchev–Trinajstić information content (AvgIpc) is 2.90. The number of hydrogen-bond donors (Lipinski definition) is 2. The third-order valence-electron chi connectivity index (χ3n) is 5.02. The van der Waals surface area contributed by atoms with Crippen molar-refractivity contribution in [1.29, 1.82) is 0 Å². The van der Waals surface area contributed by atoms with Crippen LogP contribution in [0.25, 0.3) is 11.0 Å². The largest absolute Gasteiger partial charge is 0.378 e. The van der Waals surface area contributed by atoms with Gasteiger partial charge in [-0.3, -0.25) is 19.1 Å². The van der Waals surface area contributed by atoms with Crippen LogP contribution >= 0.6 is 0 Å². The van der Waals surface area contributed by atoms with Crippen molar-refractivity contribution in [2.45, 2.75) is 31.9 Å². The molecule has 1 saturated heterocycles. The summed E-state index contributed by atoms with van der Waals surface area (Å²) < 4.78 is 6.79. The molecule has 8 nitrogen and oxygen atoms in total. The van der Waals surface area contributed by atoms with Gasteiger partial charge in [0.2, 0.25) is 0 Å². The van der Waals surface area contributed by atoms with Gasteiger partial charge in [-0.25, -0.2) is 9.78 Å². The summed E-state index contributed by atoms with van der Waals surface area (Å²) in [7, 11) is 1.52. The number of pyridine rings is 1. The number of aromatic nitrogens is 3. The van der Waals surface area contributed by atoms with Gasteiger partial charge >= 0.3 is 5.69 Å². The van der Waals surface area contributed by atoms with E-state index in [1.54, 1.807) is 13.0 Å². The molecule has 0 aromatic carbocycles. The topological polar surface area (TPSA) is 106 Å². The molecule has 8 heteroatoms. The smallest absolute Gasteiger partial charge is 0.329 e. The summed E-state index contributed by atoms with van der Waals surface area (Å²) >= 11 is 0. The highest BCUT2D eigenvalue weighted by Gasteiger charge is 2.45. The summed E-state index contributed by atoms with van der Waals surface area (Å²) in [5.74, 6) is 0.0378. The second-order valence-corrected chi connectivity index (χ2v) is 6.51. The number of carbonyl (C=O) groups excluding carboxylic acids is 1. The third-order valence-corrected chi connectivity index (χ3v) is 5.02. The zero-order valence-electron chi connectivity index (χ0n) is 13.5. The SMILES string of the molecule is Cc1cc(C(=O)N[C@@H]2C[C@@H]3OCC[C@@H]32)c2c(=O)[nH]c(=O)n(C)c2n1. The Morgan fingerprint density at radius 3 is 3.00 bits per heavy atom. The molecular formula is C16H18N4O4. The van der Waals surface area contributed by atoms with Crippen LogP contribution in [0.5, 0.6) is 0 Å². The predicted molar refractivity (Wildman–Crippen MR) is 86.1 cm³/mol. The van der Waals surface area contributed by atoms with Crippen LogP contribution in [0, 0.1) is 12.8 Å². The molecule has 1 saturated carbocycles. The van der Waals surface area contributed by atoms with Gasteiger partial charge in [0.15, 0.2) is 0 Å². The maximum Gasteiger partial charge on any atom is 0.329 e. The van der Waals surface area contributed by atoms with Crippen LogP contribution in [-0.2, 0) is 11.8 Å². The van der Waals surface area contributed by atoms with E-state index >= 15 is 0 Å². The molecule has 3 atom stereocenters. The van der Waals surface area contributed by atoms with Gasteiger partial charge in [0, 0.05) is 31.3 Å². The first-order chi connectivity index (χ1) is 11.5. The van der Waals surface area contributed by atoms with Crippen LogP contribution < -0.4 is 16.6 Å². The van der Waals surface area contributed by atoms with Crippen LogP contribution in [-0.4, -0.2) is 39.2 Å². The highest BCUT2D eigenvalue weighted by Crippen LogP contribution is 2.38. The van der Waals surface area contributed by atoms with Gasteiger partial charge in [0.05, 0.1) is 17.1 Å². The summed E-state index contributed by atoms with van der Waals surface area (Å²) in [6, 6.07) is 1.65. The third kappa shape index (κ3) is 2.17. The lowest BCUT2D eigenvalue weighted by molar-refractivity contribution is 0.00812. The van der Waals surface area contributed by atoms with E-state index in [1.807, 2.05) is 0 Å². The number of aromatic amines is 1. The zero-order valence-corrected chi connectivity index (χ0v) is 13.5. The van der Waals surface area contributed by atoms with E-state index in [0.29, 0.717) is 11.6 Å². The summed E-state index contributed by atoms with van der Waals surface area (Å²) in [5, 5.41) is 3.14. The molecule has 2 aromatic heterocycles. The van der Waals surface area contributed by atoms with Crippen molar-refractivity contribution >= 4 is 16.9 Å². The predicted octanol–water partition coefficient (Wildman–Crippen LogP) is -0.163. The van der Waals surface area contributed by atoms with Crippen molar-refractivity contribution in [3.05, 3.63) is 38.2 Å². The number of H-pyrrole nitrogens is 1. The molecule has 1 aliphatic heterocycles. The number of aryl methyl sites for hydroxylation is 2. The number of rotatable bonds is 2. The van der Waals surface area contributed by atoms with Crippen LogP contribution in [0.4, 0.5) is 0 Å². The number of hydrogen-bond acceptors (Lipinski definition) is 5. The van der Waals surface area contributed by atoms with Crippen LogP contribution in [0.2, 0.25) is 0 Å². The molecule has 4 rings (SSSR count). The maximum absolute atomic E-state index is 12.7. The molecule has 0 spiro atoms. The molecule has 0 unspecified atom stereocenters. The Hall–Kier alpha value is -2.48. The zero-order chi connectivity index (χ0) is 17.0. The van der Waals surface area contributed by atoms with E-state index in [1.165, 1.54) is 11.6 Å².